The quantitative estimate of drug-likeness (QED) is 0.249. The van der Waals surface area contributed by atoms with E-state index in [0.29, 0.717) is 27.4 Å². The first kappa shape index (κ1) is 22.4. The highest BCUT2D eigenvalue weighted by molar-refractivity contribution is 7.99. The Labute approximate surface area is 197 Å². The summed E-state index contributed by atoms with van der Waals surface area (Å²) in [7, 11) is 0. The molecule has 32 heavy (non-hydrogen) atoms. The van der Waals surface area contributed by atoms with Gasteiger partial charge in [0.2, 0.25) is 5.91 Å². The number of thioether (sulfide) groups is 1. The average molecular weight is 494 g/mol. The standard InChI is InChI=1S/C20H17Cl2N5O4S/c21-14-8-5-12(9-16(14)27(29)30)23-19(28)11-32-20-25-24-18(26(20)13-6-7-13)10-31-17-4-2-1-3-15(17)22/h1-5,8-9,13H,6-7,10-11H2,(H,23,28). The van der Waals surface area contributed by atoms with Gasteiger partial charge in [-0.25, -0.2) is 0 Å². The third kappa shape index (κ3) is 5.32. The number of carbonyl (C=O) groups is 1. The molecule has 1 fully saturated rings. The Hall–Kier alpha value is -2.82. The lowest BCUT2D eigenvalue weighted by molar-refractivity contribution is -0.384. The zero-order valence-electron chi connectivity index (χ0n) is 16.5. The van der Waals surface area contributed by atoms with E-state index in [4.69, 9.17) is 27.9 Å². The fourth-order valence-corrected chi connectivity index (χ4v) is 4.17. The van der Waals surface area contributed by atoms with Gasteiger partial charge < -0.3 is 10.1 Å². The molecule has 0 atom stereocenters. The second-order valence-corrected chi connectivity index (χ2v) is 8.74. The van der Waals surface area contributed by atoms with Crippen LogP contribution in [-0.4, -0.2) is 31.3 Å². The van der Waals surface area contributed by atoms with Crippen molar-refractivity contribution in [2.24, 2.45) is 0 Å². The van der Waals surface area contributed by atoms with Crippen molar-refractivity contribution in [2.75, 3.05) is 11.1 Å². The topological polar surface area (TPSA) is 112 Å². The summed E-state index contributed by atoms with van der Waals surface area (Å²) in [6.07, 6.45) is 2.01. The number of nitro groups is 1. The lowest BCUT2D eigenvalue weighted by atomic mass is 10.3. The van der Waals surface area contributed by atoms with E-state index in [1.54, 1.807) is 12.1 Å². The van der Waals surface area contributed by atoms with E-state index >= 15 is 0 Å². The van der Waals surface area contributed by atoms with E-state index < -0.39 is 4.92 Å². The third-order valence-corrected chi connectivity index (χ3v) is 6.17. The molecule has 12 heteroatoms. The molecule has 1 N–H and O–H groups in total. The van der Waals surface area contributed by atoms with Crippen LogP contribution in [0.3, 0.4) is 0 Å². The van der Waals surface area contributed by atoms with Gasteiger partial charge in [0.15, 0.2) is 11.0 Å². The molecule has 1 aliphatic carbocycles. The van der Waals surface area contributed by atoms with Crippen LogP contribution in [0.5, 0.6) is 5.75 Å². The lowest BCUT2D eigenvalue weighted by Gasteiger charge is -2.11. The summed E-state index contributed by atoms with van der Waals surface area (Å²) < 4.78 is 7.78. The molecule has 1 aromatic heterocycles. The van der Waals surface area contributed by atoms with Crippen molar-refractivity contribution in [2.45, 2.75) is 30.6 Å². The van der Waals surface area contributed by atoms with Crippen molar-refractivity contribution in [3.8, 4) is 5.75 Å². The van der Waals surface area contributed by atoms with Crippen LogP contribution in [0.1, 0.15) is 24.7 Å². The summed E-state index contributed by atoms with van der Waals surface area (Å²) in [5.74, 6) is 0.951. The van der Waals surface area contributed by atoms with Crippen LogP contribution in [0, 0.1) is 10.1 Å². The van der Waals surface area contributed by atoms with E-state index in [1.165, 1.54) is 30.0 Å². The van der Waals surface area contributed by atoms with Crippen LogP contribution >= 0.6 is 35.0 Å². The van der Waals surface area contributed by atoms with E-state index in [0.717, 1.165) is 12.8 Å². The molecular formula is C20H17Cl2N5O4S. The Bertz CT molecular complexity index is 1170. The minimum Gasteiger partial charge on any atom is -0.484 e. The van der Waals surface area contributed by atoms with Gasteiger partial charge in [-0.15, -0.1) is 10.2 Å². The summed E-state index contributed by atoms with van der Waals surface area (Å²) >= 11 is 13.2. The van der Waals surface area contributed by atoms with E-state index in [2.05, 4.69) is 15.5 Å². The highest BCUT2D eigenvalue weighted by Gasteiger charge is 2.30. The maximum Gasteiger partial charge on any atom is 0.289 e. The number of anilines is 1. The SMILES string of the molecule is O=C(CSc1nnc(COc2ccccc2Cl)n1C1CC1)Nc1ccc(Cl)c([N+](=O)[O-])c1. The highest BCUT2D eigenvalue weighted by Crippen LogP contribution is 2.39. The van der Waals surface area contributed by atoms with Crippen molar-refractivity contribution < 1.29 is 14.5 Å². The fraction of sp³-hybridized carbons (Fsp3) is 0.250. The molecule has 0 bridgehead atoms. The van der Waals surface area contributed by atoms with Gasteiger partial charge in [-0.3, -0.25) is 19.5 Å². The molecule has 9 nitrogen and oxygen atoms in total. The molecule has 0 radical (unpaired) electrons. The van der Waals surface area contributed by atoms with Crippen molar-refractivity contribution in [3.05, 3.63) is 68.4 Å². The van der Waals surface area contributed by atoms with Crippen molar-refractivity contribution in [1.29, 1.82) is 0 Å². The van der Waals surface area contributed by atoms with E-state index in [1.807, 2.05) is 16.7 Å². The van der Waals surface area contributed by atoms with Gasteiger partial charge in [-0.1, -0.05) is 47.1 Å². The molecule has 1 aliphatic rings. The molecule has 1 heterocycles. The summed E-state index contributed by atoms with van der Waals surface area (Å²) in [6, 6.07) is 11.6. The van der Waals surface area contributed by atoms with E-state index in [-0.39, 0.29) is 35.0 Å². The predicted octanol–water partition coefficient (Wildman–Crippen LogP) is 5.14. The maximum absolute atomic E-state index is 12.4. The summed E-state index contributed by atoms with van der Waals surface area (Å²) in [5.41, 5.74) is 0.0259. The maximum atomic E-state index is 12.4. The van der Waals surface area contributed by atoms with Gasteiger partial charge in [0.05, 0.1) is 15.7 Å². The second kappa shape index (κ2) is 9.76. The first-order valence-electron chi connectivity index (χ1n) is 9.60. The zero-order valence-corrected chi connectivity index (χ0v) is 18.9. The highest BCUT2D eigenvalue weighted by atomic mass is 35.5. The molecule has 0 saturated heterocycles. The third-order valence-electron chi connectivity index (χ3n) is 4.60. The van der Waals surface area contributed by atoms with Crippen molar-refractivity contribution in [3.63, 3.8) is 0 Å². The number of nitrogens with zero attached hydrogens (tertiary/aromatic N) is 4. The Morgan fingerprint density at radius 2 is 2.00 bits per heavy atom. The van der Waals surface area contributed by atoms with Crippen LogP contribution in [0.4, 0.5) is 11.4 Å². The number of aromatic nitrogens is 3. The van der Waals surface area contributed by atoms with Gasteiger partial charge in [0, 0.05) is 17.8 Å². The smallest absolute Gasteiger partial charge is 0.289 e. The second-order valence-electron chi connectivity index (χ2n) is 6.98. The minimum absolute atomic E-state index is 0.00597. The average Bonchev–Trinajstić information content (AvgIpc) is 3.52. The Morgan fingerprint density at radius 1 is 1.22 bits per heavy atom. The lowest BCUT2D eigenvalue weighted by Crippen LogP contribution is -2.15. The number of hydrogen-bond acceptors (Lipinski definition) is 7. The minimum atomic E-state index is -0.600. The van der Waals surface area contributed by atoms with Crippen LogP contribution in [-0.2, 0) is 11.4 Å². The Kier molecular flexibility index (Phi) is 6.83. The number of ether oxygens (including phenoxy) is 1. The van der Waals surface area contributed by atoms with Crippen LogP contribution < -0.4 is 10.1 Å². The Balaban J connectivity index is 1.39. The molecule has 2 aromatic carbocycles. The van der Waals surface area contributed by atoms with Gasteiger partial charge >= 0.3 is 0 Å². The summed E-state index contributed by atoms with van der Waals surface area (Å²) in [4.78, 5) is 22.8. The molecule has 166 valence electrons. The number of nitro benzene ring substituents is 1. The van der Waals surface area contributed by atoms with Gasteiger partial charge in [-0.05, 0) is 37.1 Å². The molecule has 0 unspecified atom stereocenters. The van der Waals surface area contributed by atoms with Crippen LogP contribution in [0.25, 0.3) is 0 Å². The Morgan fingerprint density at radius 3 is 2.72 bits per heavy atom. The van der Waals surface area contributed by atoms with Crippen molar-refractivity contribution >= 4 is 52.2 Å². The number of hydrogen-bond donors (Lipinski definition) is 1. The van der Waals surface area contributed by atoms with Gasteiger partial charge in [-0.2, -0.15) is 0 Å². The van der Waals surface area contributed by atoms with Crippen LogP contribution in [0.15, 0.2) is 47.6 Å². The fourth-order valence-electron chi connectivity index (χ4n) is 2.97. The predicted molar refractivity (Wildman–Crippen MR) is 122 cm³/mol. The number of rotatable bonds is 9. The number of halogens is 2. The summed E-state index contributed by atoms with van der Waals surface area (Å²) in [5, 5.41) is 23.2. The largest absolute Gasteiger partial charge is 0.484 e. The number of carbonyl (C=O) groups excluding carboxylic acids is 1. The molecule has 1 saturated carbocycles. The monoisotopic (exact) mass is 493 g/mol. The first-order valence-corrected chi connectivity index (χ1v) is 11.3. The molecule has 4 rings (SSSR count). The molecule has 0 aliphatic heterocycles. The van der Waals surface area contributed by atoms with Gasteiger partial charge in [0.1, 0.15) is 17.4 Å². The normalized spacial score (nSPS) is 13.1. The zero-order chi connectivity index (χ0) is 22.7. The number of nitrogens with one attached hydrogen (secondary N) is 1. The number of para-hydroxylation sites is 1. The van der Waals surface area contributed by atoms with Crippen molar-refractivity contribution in [1.82, 2.24) is 14.8 Å². The molecule has 3 aromatic rings. The number of benzene rings is 2. The molecular weight excluding hydrogens is 477 g/mol. The van der Waals surface area contributed by atoms with Crippen LogP contribution in [0.2, 0.25) is 10.0 Å². The molecule has 0 spiro atoms. The van der Waals surface area contributed by atoms with E-state index in [9.17, 15) is 14.9 Å². The first-order chi connectivity index (χ1) is 15.4. The van der Waals surface area contributed by atoms with Gasteiger partial charge in [0.25, 0.3) is 5.69 Å². The number of amides is 1. The molecule has 1 amide bonds. The summed E-state index contributed by atoms with van der Waals surface area (Å²) in [6.45, 7) is 0.203.